The first-order valence-corrected chi connectivity index (χ1v) is 12.5. The molecule has 0 spiro atoms. The normalized spacial score (nSPS) is 15.6. The van der Waals surface area contributed by atoms with Gasteiger partial charge in [-0.15, -0.1) is 0 Å². The van der Waals surface area contributed by atoms with Crippen molar-refractivity contribution in [3.63, 3.8) is 0 Å². The number of carbonyl (C=O) groups excluding carboxylic acids is 1. The van der Waals surface area contributed by atoms with Crippen molar-refractivity contribution in [2.75, 3.05) is 13.1 Å². The zero-order valence-corrected chi connectivity index (χ0v) is 20.3. The van der Waals surface area contributed by atoms with E-state index < -0.39 is 10.0 Å². The number of imidazole rings is 1. The second-order valence-electron chi connectivity index (χ2n) is 8.53. The minimum atomic E-state index is -3.64. The van der Waals surface area contributed by atoms with Gasteiger partial charge < -0.3 is 9.88 Å². The average Bonchev–Trinajstić information content (AvgIpc) is 3.30. The molecule has 0 aliphatic carbocycles. The van der Waals surface area contributed by atoms with Gasteiger partial charge in [-0.05, 0) is 45.7 Å². The number of nitrogens with zero attached hydrogens (tertiary/aromatic N) is 5. The third-order valence-electron chi connectivity index (χ3n) is 6.40. The number of para-hydroxylation sites is 1. The highest BCUT2D eigenvalue weighted by atomic mass is 32.2. The van der Waals surface area contributed by atoms with Crippen LogP contribution in [0.3, 0.4) is 0 Å². The minimum absolute atomic E-state index is 0.0491. The molecule has 3 aromatic rings. The summed E-state index contributed by atoms with van der Waals surface area (Å²) in [5, 5.41) is 7.73. The first kappa shape index (κ1) is 23.2. The Morgan fingerprint density at radius 1 is 1.12 bits per heavy atom. The lowest BCUT2D eigenvalue weighted by Gasteiger charge is -2.30. The van der Waals surface area contributed by atoms with Crippen LogP contribution in [-0.2, 0) is 28.4 Å². The lowest BCUT2D eigenvalue weighted by Crippen LogP contribution is -2.43. The summed E-state index contributed by atoms with van der Waals surface area (Å²) in [6.07, 6.45) is 2.50. The van der Waals surface area contributed by atoms with Crippen LogP contribution in [-0.4, -0.2) is 51.1 Å². The van der Waals surface area contributed by atoms with Gasteiger partial charge in [0.1, 0.15) is 5.82 Å². The van der Waals surface area contributed by atoms with E-state index in [1.54, 1.807) is 18.5 Å². The number of carbonyl (C=O) groups is 1. The summed E-state index contributed by atoms with van der Waals surface area (Å²) < 4.78 is 30.8. The highest BCUT2D eigenvalue weighted by Gasteiger charge is 2.33. The van der Waals surface area contributed by atoms with Gasteiger partial charge in [-0.1, -0.05) is 18.2 Å². The summed E-state index contributed by atoms with van der Waals surface area (Å²) in [4.78, 5) is 17.0. The quantitative estimate of drug-likeness (QED) is 0.595. The molecule has 1 aromatic carbocycles. The molecule has 0 saturated carbocycles. The van der Waals surface area contributed by atoms with E-state index in [0.29, 0.717) is 38.3 Å². The molecule has 0 bridgehead atoms. The summed E-state index contributed by atoms with van der Waals surface area (Å²) >= 11 is 0. The van der Waals surface area contributed by atoms with Gasteiger partial charge in [-0.3, -0.25) is 4.79 Å². The number of aryl methyl sites for hydroxylation is 3. The number of nitrogens with one attached hydrogen (secondary N) is 1. The molecular formula is C23H30N6O3S. The predicted octanol–water partition coefficient (Wildman–Crippen LogP) is 2.25. The molecule has 1 aliphatic heterocycles. The molecule has 1 aliphatic rings. The van der Waals surface area contributed by atoms with Gasteiger partial charge in [0.05, 0.1) is 11.4 Å². The summed E-state index contributed by atoms with van der Waals surface area (Å²) in [7, 11) is -1.88. The van der Waals surface area contributed by atoms with Crippen LogP contribution in [0.5, 0.6) is 0 Å². The molecule has 176 valence electrons. The third kappa shape index (κ3) is 4.58. The molecule has 1 N–H and O–H groups in total. The topological polar surface area (TPSA) is 102 Å². The molecule has 0 atom stereocenters. The van der Waals surface area contributed by atoms with E-state index >= 15 is 0 Å². The first-order chi connectivity index (χ1) is 15.7. The Balaban J connectivity index is 1.36. The maximum Gasteiger partial charge on any atom is 0.262 e. The standard InChI is InChI=1S/C23H30N6O3S/c1-16-21(17(2)29(26-16)20-8-6-5-7-9-20)14-24-23(30)19-10-12-28(13-11-19)33(31,32)22-15-27(4)18(3)25-22/h5-9,15,19H,10-14H2,1-4H3,(H,24,30). The number of piperidine rings is 1. The van der Waals surface area contributed by atoms with Crippen molar-refractivity contribution in [2.24, 2.45) is 13.0 Å². The van der Waals surface area contributed by atoms with Crippen molar-refractivity contribution in [3.05, 3.63) is 59.3 Å². The van der Waals surface area contributed by atoms with Crippen molar-refractivity contribution < 1.29 is 13.2 Å². The molecule has 3 heterocycles. The lowest BCUT2D eigenvalue weighted by molar-refractivity contribution is -0.126. The Kier molecular flexibility index (Phi) is 6.40. The largest absolute Gasteiger partial charge is 0.352 e. The van der Waals surface area contributed by atoms with Crippen molar-refractivity contribution in [1.82, 2.24) is 29.0 Å². The number of aromatic nitrogens is 4. The second-order valence-corrected chi connectivity index (χ2v) is 10.4. The van der Waals surface area contributed by atoms with E-state index in [9.17, 15) is 13.2 Å². The van der Waals surface area contributed by atoms with Gasteiger partial charge in [0, 0.05) is 50.1 Å². The number of hydrogen-bond acceptors (Lipinski definition) is 5. The molecule has 1 amide bonds. The molecule has 33 heavy (non-hydrogen) atoms. The third-order valence-corrected chi connectivity index (χ3v) is 8.17. The fourth-order valence-electron chi connectivity index (χ4n) is 4.21. The highest BCUT2D eigenvalue weighted by Crippen LogP contribution is 2.24. The highest BCUT2D eigenvalue weighted by molar-refractivity contribution is 7.89. The SMILES string of the molecule is Cc1nn(-c2ccccc2)c(C)c1CNC(=O)C1CCN(S(=O)(=O)c2cn(C)c(C)n2)CC1. The van der Waals surface area contributed by atoms with Crippen LogP contribution in [0.2, 0.25) is 0 Å². The summed E-state index contributed by atoms with van der Waals surface area (Å²) in [5.74, 6) is 0.378. The van der Waals surface area contributed by atoms with Gasteiger partial charge in [0.15, 0.2) is 5.03 Å². The summed E-state index contributed by atoms with van der Waals surface area (Å²) in [5.41, 5.74) is 3.85. The molecule has 4 rings (SSSR count). The monoisotopic (exact) mass is 470 g/mol. The van der Waals surface area contributed by atoms with E-state index in [0.717, 1.165) is 22.6 Å². The van der Waals surface area contributed by atoms with Crippen molar-refractivity contribution in [2.45, 2.75) is 45.2 Å². The zero-order valence-electron chi connectivity index (χ0n) is 19.4. The second kappa shape index (κ2) is 9.11. The van der Waals surface area contributed by atoms with Crippen LogP contribution in [0, 0.1) is 26.7 Å². The maximum absolute atomic E-state index is 12.9. The molecule has 2 aromatic heterocycles. The molecular weight excluding hydrogens is 440 g/mol. The van der Waals surface area contributed by atoms with Crippen LogP contribution < -0.4 is 5.32 Å². The fraction of sp³-hybridized carbons (Fsp3) is 0.435. The summed E-state index contributed by atoms with van der Waals surface area (Å²) in [6.45, 7) is 6.71. The Morgan fingerprint density at radius 3 is 2.39 bits per heavy atom. The van der Waals surface area contributed by atoms with Gasteiger partial charge in [-0.25, -0.2) is 18.1 Å². The molecule has 0 unspecified atom stereocenters. The Bertz CT molecular complexity index is 1240. The van der Waals surface area contributed by atoms with E-state index in [-0.39, 0.29) is 16.9 Å². The Morgan fingerprint density at radius 2 is 1.79 bits per heavy atom. The van der Waals surface area contributed by atoms with Crippen LogP contribution in [0.15, 0.2) is 41.6 Å². The molecule has 0 radical (unpaired) electrons. The fourth-order valence-corrected chi connectivity index (χ4v) is 5.71. The van der Waals surface area contributed by atoms with Gasteiger partial charge in [0.2, 0.25) is 5.91 Å². The predicted molar refractivity (Wildman–Crippen MR) is 124 cm³/mol. The van der Waals surface area contributed by atoms with Crippen LogP contribution in [0.1, 0.15) is 35.6 Å². The van der Waals surface area contributed by atoms with Crippen molar-refractivity contribution >= 4 is 15.9 Å². The first-order valence-electron chi connectivity index (χ1n) is 11.1. The molecule has 10 heteroatoms. The zero-order chi connectivity index (χ0) is 23.8. The number of hydrogen-bond donors (Lipinski definition) is 1. The van der Waals surface area contributed by atoms with Crippen molar-refractivity contribution in [3.8, 4) is 5.69 Å². The van der Waals surface area contributed by atoms with Gasteiger partial charge in [0.25, 0.3) is 10.0 Å². The van der Waals surface area contributed by atoms with E-state index in [2.05, 4.69) is 15.4 Å². The Hall–Kier alpha value is -2.98. The van der Waals surface area contributed by atoms with E-state index in [4.69, 9.17) is 0 Å². The molecule has 1 saturated heterocycles. The minimum Gasteiger partial charge on any atom is -0.352 e. The smallest absolute Gasteiger partial charge is 0.262 e. The van der Waals surface area contributed by atoms with Gasteiger partial charge in [-0.2, -0.15) is 9.40 Å². The molecule has 9 nitrogen and oxygen atoms in total. The summed E-state index contributed by atoms with van der Waals surface area (Å²) in [6, 6.07) is 9.89. The molecule has 1 fully saturated rings. The van der Waals surface area contributed by atoms with Crippen LogP contribution in [0.25, 0.3) is 5.69 Å². The van der Waals surface area contributed by atoms with Crippen LogP contribution >= 0.6 is 0 Å². The number of benzene rings is 1. The van der Waals surface area contributed by atoms with E-state index in [1.807, 2.05) is 48.9 Å². The van der Waals surface area contributed by atoms with Crippen molar-refractivity contribution in [1.29, 1.82) is 0 Å². The number of rotatable bonds is 6. The van der Waals surface area contributed by atoms with Crippen LogP contribution in [0.4, 0.5) is 0 Å². The number of sulfonamides is 1. The lowest BCUT2D eigenvalue weighted by atomic mass is 9.97. The van der Waals surface area contributed by atoms with E-state index in [1.165, 1.54) is 10.5 Å². The number of amides is 1. The Labute approximate surface area is 194 Å². The van der Waals surface area contributed by atoms with Gasteiger partial charge >= 0.3 is 0 Å². The average molecular weight is 471 g/mol. The maximum atomic E-state index is 12.9.